The van der Waals surface area contributed by atoms with Gasteiger partial charge in [-0.3, -0.25) is 5.10 Å². The number of hydrogen-bond donors (Lipinski definition) is 2. The Hall–Kier alpha value is -1.10. The zero-order valence-electron chi connectivity index (χ0n) is 12.1. The molecule has 0 spiro atoms. The van der Waals surface area contributed by atoms with Gasteiger partial charge in [0, 0.05) is 31.1 Å². The number of nitrogens with zero attached hydrogens (tertiary/aromatic N) is 3. The molecule has 1 aromatic heterocycles. The molecule has 0 amide bonds. The Balaban J connectivity index is 1.79. The summed E-state index contributed by atoms with van der Waals surface area (Å²) in [6.07, 6.45) is 6.34. The van der Waals surface area contributed by atoms with E-state index in [9.17, 15) is 0 Å². The van der Waals surface area contributed by atoms with Gasteiger partial charge in [-0.2, -0.15) is 4.98 Å². The van der Waals surface area contributed by atoms with Crippen molar-refractivity contribution >= 4 is 5.95 Å². The smallest absolute Gasteiger partial charge is 0.244 e. The first-order valence-electron chi connectivity index (χ1n) is 7.65. The zero-order valence-corrected chi connectivity index (χ0v) is 12.1. The van der Waals surface area contributed by atoms with E-state index in [0.717, 1.165) is 31.4 Å². The number of aromatic amines is 1. The molecule has 2 N–H and O–H groups in total. The van der Waals surface area contributed by atoms with Gasteiger partial charge in [0.1, 0.15) is 5.82 Å². The fourth-order valence-electron chi connectivity index (χ4n) is 3.56. The van der Waals surface area contributed by atoms with Crippen LogP contribution >= 0.6 is 0 Å². The summed E-state index contributed by atoms with van der Waals surface area (Å²) in [6, 6.07) is 0.516. The number of anilines is 1. The van der Waals surface area contributed by atoms with E-state index in [0.29, 0.717) is 6.04 Å². The van der Waals surface area contributed by atoms with E-state index < -0.39 is 0 Å². The number of nitrogens with one attached hydrogen (secondary N) is 2. The second kappa shape index (κ2) is 5.12. The van der Waals surface area contributed by atoms with Gasteiger partial charge in [0.2, 0.25) is 5.95 Å². The molecule has 1 aromatic rings. The molecule has 0 aromatic carbocycles. The van der Waals surface area contributed by atoms with Crippen molar-refractivity contribution in [3.8, 4) is 0 Å². The summed E-state index contributed by atoms with van der Waals surface area (Å²) in [4.78, 5) is 7.12. The van der Waals surface area contributed by atoms with Crippen LogP contribution in [0, 0.1) is 0 Å². The number of piperazine rings is 1. The SMILES string of the molecule is CCC1(c2nc(N3CCN[C@H](C)C3)n[nH]2)CCCC1. The van der Waals surface area contributed by atoms with Gasteiger partial charge in [0.25, 0.3) is 0 Å². The largest absolute Gasteiger partial charge is 0.337 e. The van der Waals surface area contributed by atoms with Crippen LogP contribution in [-0.4, -0.2) is 40.9 Å². The minimum Gasteiger partial charge on any atom is -0.337 e. The molecule has 5 heteroatoms. The maximum absolute atomic E-state index is 4.82. The predicted octanol–water partition coefficient (Wildman–Crippen LogP) is 1.82. The highest BCUT2D eigenvalue weighted by Crippen LogP contribution is 2.42. The topological polar surface area (TPSA) is 56.8 Å². The molecule has 5 nitrogen and oxygen atoms in total. The van der Waals surface area contributed by atoms with Crippen molar-refractivity contribution in [3.05, 3.63) is 5.82 Å². The maximum Gasteiger partial charge on any atom is 0.244 e. The molecule has 1 saturated carbocycles. The highest BCUT2D eigenvalue weighted by atomic mass is 15.4. The van der Waals surface area contributed by atoms with Crippen molar-refractivity contribution in [1.82, 2.24) is 20.5 Å². The molecule has 19 heavy (non-hydrogen) atoms. The van der Waals surface area contributed by atoms with Crippen molar-refractivity contribution in [2.75, 3.05) is 24.5 Å². The summed E-state index contributed by atoms with van der Waals surface area (Å²) in [6.45, 7) is 7.51. The van der Waals surface area contributed by atoms with Gasteiger partial charge >= 0.3 is 0 Å². The van der Waals surface area contributed by atoms with Gasteiger partial charge in [-0.05, 0) is 26.2 Å². The molecule has 2 fully saturated rings. The van der Waals surface area contributed by atoms with E-state index in [1.54, 1.807) is 0 Å². The average molecular weight is 263 g/mol. The molecule has 2 aliphatic rings. The lowest BCUT2D eigenvalue weighted by Crippen LogP contribution is -2.49. The van der Waals surface area contributed by atoms with Crippen LogP contribution in [0.3, 0.4) is 0 Å². The Morgan fingerprint density at radius 1 is 1.37 bits per heavy atom. The number of aromatic nitrogens is 3. The molecule has 0 radical (unpaired) electrons. The molecule has 1 atom stereocenters. The van der Waals surface area contributed by atoms with Crippen LogP contribution in [0.2, 0.25) is 0 Å². The summed E-state index contributed by atoms with van der Waals surface area (Å²) in [7, 11) is 0. The predicted molar refractivity (Wildman–Crippen MR) is 76.5 cm³/mol. The summed E-state index contributed by atoms with van der Waals surface area (Å²) in [5.74, 6) is 2.01. The van der Waals surface area contributed by atoms with E-state index in [4.69, 9.17) is 4.98 Å². The Morgan fingerprint density at radius 3 is 2.84 bits per heavy atom. The van der Waals surface area contributed by atoms with Crippen LogP contribution < -0.4 is 10.2 Å². The monoisotopic (exact) mass is 263 g/mol. The standard InChI is InChI=1S/C14H25N5/c1-3-14(6-4-5-7-14)12-16-13(18-17-12)19-9-8-15-11(2)10-19/h11,15H,3-10H2,1-2H3,(H,16,17,18)/t11-/m1/s1. The van der Waals surface area contributed by atoms with Crippen molar-refractivity contribution in [1.29, 1.82) is 0 Å². The Bertz CT molecular complexity index is 421. The third kappa shape index (κ3) is 2.36. The first kappa shape index (κ1) is 12.9. The van der Waals surface area contributed by atoms with Gasteiger partial charge in [-0.15, -0.1) is 5.10 Å². The van der Waals surface area contributed by atoms with Crippen molar-refractivity contribution in [2.24, 2.45) is 0 Å². The minimum atomic E-state index is 0.269. The molecule has 2 heterocycles. The lowest BCUT2D eigenvalue weighted by atomic mass is 9.83. The van der Waals surface area contributed by atoms with Crippen LogP contribution in [-0.2, 0) is 5.41 Å². The number of H-pyrrole nitrogens is 1. The van der Waals surface area contributed by atoms with Crippen LogP contribution in [0.1, 0.15) is 51.8 Å². The minimum absolute atomic E-state index is 0.269. The first-order valence-corrected chi connectivity index (χ1v) is 7.65. The highest BCUT2D eigenvalue weighted by molar-refractivity contribution is 5.31. The molecule has 0 unspecified atom stereocenters. The molecule has 0 bridgehead atoms. The molecular formula is C14H25N5. The quantitative estimate of drug-likeness (QED) is 0.873. The summed E-state index contributed by atoms with van der Waals surface area (Å²) >= 11 is 0. The van der Waals surface area contributed by atoms with Crippen LogP contribution in [0.25, 0.3) is 0 Å². The van der Waals surface area contributed by atoms with E-state index in [1.807, 2.05) is 0 Å². The second-order valence-corrected chi connectivity index (χ2v) is 6.13. The van der Waals surface area contributed by atoms with Gasteiger partial charge in [-0.25, -0.2) is 0 Å². The number of hydrogen-bond acceptors (Lipinski definition) is 4. The van der Waals surface area contributed by atoms with E-state index in [-0.39, 0.29) is 5.41 Å². The van der Waals surface area contributed by atoms with Crippen LogP contribution in [0.5, 0.6) is 0 Å². The second-order valence-electron chi connectivity index (χ2n) is 6.13. The van der Waals surface area contributed by atoms with Crippen molar-refractivity contribution < 1.29 is 0 Å². The normalized spacial score (nSPS) is 26.8. The average Bonchev–Trinajstić information content (AvgIpc) is 3.08. The molecule has 1 aliphatic carbocycles. The fraction of sp³-hybridized carbons (Fsp3) is 0.857. The third-order valence-electron chi connectivity index (χ3n) is 4.86. The Kier molecular flexibility index (Phi) is 3.48. The van der Waals surface area contributed by atoms with E-state index >= 15 is 0 Å². The van der Waals surface area contributed by atoms with E-state index in [2.05, 4.69) is 34.3 Å². The maximum atomic E-state index is 4.82. The van der Waals surface area contributed by atoms with Crippen LogP contribution in [0.15, 0.2) is 0 Å². The molecule has 1 saturated heterocycles. The summed E-state index contributed by atoms with van der Waals surface area (Å²) in [5, 5.41) is 11.2. The first-order chi connectivity index (χ1) is 9.23. The summed E-state index contributed by atoms with van der Waals surface area (Å²) < 4.78 is 0. The van der Waals surface area contributed by atoms with Gasteiger partial charge < -0.3 is 10.2 Å². The number of rotatable bonds is 3. The van der Waals surface area contributed by atoms with Gasteiger partial charge in [-0.1, -0.05) is 19.8 Å². The fourth-order valence-corrected chi connectivity index (χ4v) is 3.56. The molecule has 3 rings (SSSR count). The summed E-state index contributed by atoms with van der Waals surface area (Å²) in [5.41, 5.74) is 0.269. The van der Waals surface area contributed by atoms with Crippen LogP contribution in [0.4, 0.5) is 5.95 Å². The molecular weight excluding hydrogens is 238 g/mol. The van der Waals surface area contributed by atoms with Crippen molar-refractivity contribution in [3.63, 3.8) is 0 Å². The molecule has 1 aliphatic heterocycles. The third-order valence-corrected chi connectivity index (χ3v) is 4.86. The van der Waals surface area contributed by atoms with Gasteiger partial charge in [0.05, 0.1) is 0 Å². The Morgan fingerprint density at radius 2 is 2.16 bits per heavy atom. The highest BCUT2D eigenvalue weighted by Gasteiger charge is 2.37. The lowest BCUT2D eigenvalue weighted by Gasteiger charge is -2.31. The van der Waals surface area contributed by atoms with Gasteiger partial charge in [0.15, 0.2) is 0 Å². The van der Waals surface area contributed by atoms with Crippen molar-refractivity contribution in [2.45, 2.75) is 57.4 Å². The Labute approximate surface area is 115 Å². The zero-order chi connectivity index (χ0) is 13.3. The lowest BCUT2D eigenvalue weighted by molar-refractivity contribution is 0.399. The van der Waals surface area contributed by atoms with E-state index in [1.165, 1.54) is 32.1 Å². The molecule has 106 valence electrons.